The zero-order valence-electron chi connectivity index (χ0n) is 25.2. The Kier molecular flexibility index (Phi) is 50.1. The minimum Gasteiger partial charge on any atom is -0.480 e. The van der Waals surface area contributed by atoms with E-state index in [1.807, 2.05) is 0 Å². The molecule has 1 unspecified atom stereocenters. The van der Waals surface area contributed by atoms with Crippen molar-refractivity contribution in [2.75, 3.05) is 66.1 Å². The van der Waals surface area contributed by atoms with Crippen molar-refractivity contribution >= 4 is 18.6 Å². The molecule has 0 saturated heterocycles. The fourth-order valence-electron chi connectivity index (χ4n) is 1.22. The van der Waals surface area contributed by atoms with Crippen LogP contribution in [0, 0.1) is 0 Å². The second-order valence-electron chi connectivity index (χ2n) is 8.51. The molecule has 0 aromatic carbocycles. The van der Waals surface area contributed by atoms with E-state index in [-0.39, 0.29) is 0 Å². The van der Waals surface area contributed by atoms with Crippen molar-refractivity contribution in [3.63, 3.8) is 0 Å². The lowest BCUT2D eigenvalue weighted by molar-refractivity contribution is -0.136. The molecular weight excluding hydrogens is 660 g/mol. The van der Waals surface area contributed by atoms with E-state index in [1.165, 1.54) is 6.92 Å². The second kappa shape index (κ2) is 40.2. The van der Waals surface area contributed by atoms with Gasteiger partial charge in [-0.25, -0.2) is 0 Å². The van der Waals surface area contributed by atoms with Crippen molar-refractivity contribution in [1.82, 2.24) is 0 Å². The molecule has 0 heterocycles. The quantitative estimate of drug-likeness (QED) is 0.0659. The molecule has 23 heteroatoms. The first-order chi connectivity index (χ1) is 21.2. The maximum atomic E-state index is 9.62. The van der Waals surface area contributed by atoms with Crippen molar-refractivity contribution in [2.45, 2.75) is 73.2 Å². The van der Waals surface area contributed by atoms with Crippen molar-refractivity contribution < 1.29 is 112 Å². The van der Waals surface area contributed by atoms with Gasteiger partial charge in [0.25, 0.3) is 0 Å². The first-order valence-electron chi connectivity index (χ1n) is 13.0. The van der Waals surface area contributed by atoms with Gasteiger partial charge in [0, 0.05) is 0 Å². The predicted molar refractivity (Wildman–Crippen MR) is 157 cm³/mol. The summed E-state index contributed by atoms with van der Waals surface area (Å²) in [6, 6.07) is 0. The molecule has 0 rings (SSSR count). The van der Waals surface area contributed by atoms with Crippen molar-refractivity contribution in [3.05, 3.63) is 0 Å². The summed E-state index contributed by atoms with van der Waals surface area (Å²) < 4.78 is 0. The standard InChI is InChI=1S/5C4H10O4.C3H6O2S/c5*5-1-3(7)4(8)2-6;1-2(6)3(4)5/h5*3-8H,1-2H2;2,6H,1H3,(H,4,5)/t5*3-,4+;. The topological polar surface area (TPSA) is 442 Å². The molecule has 0 aliphatic rings. The lowest BCUT2D eigenvalue weighted by Crippen LogP contribution is -2.31. The van der Waals surface area contributed by atoms with E-state index >= 15 is 0 Å². The van der Waals surface area contributed by atoms with Gasteiger partial charge in [0.15, 0.2) is 0 Å². The van der Waals surface area contributed by atoms with Crippen LogP contribution in [0.15, 0.2) is 0 Å². The predicted octanol–water partition coefficient (Wildman–Crippen LogP) is -11.1. The van der Waals surface area contributed by atoms with Crippen LogP contribution in [0.4, 0.5) is 0 Å². The smallest absolute Gasteiger partial charge is 0.316 e. The van der Waals surface area contributed by atoms with Crippen LogP contribution in [0.5, 0.6) is 0 Å². The summed E-state index contributed by atoms with van der Waals surface area (Å²) in [6.45, 7) is -3.76. The lowest BCUT2D eigenvalue weighted by atomic mass is 10.2. The van der Waals surface area contributed by atoms with Gasteiger partial charge in [0.1, 0.15) is 61.0 Å². The minimum absolute atomic E-state index is 0.526. The third-order valence-electron chi connectivity index (χ3n) is 4.45. The molecule has 0 fully saturated rings. The maximum Gasteiger partial charge on any atom is 0.316 e. The van der Waals surface area contributed by atoms with Crippen LogP contribution in [0.3, 0.4) is 0 Å². The van der Waals surface area contributed by atoms with Crippen LogP contribution in [0.25, 0.3) is 0 Å². The van der Waals surface area contributed by atoms with Crippen LogP contribution >= 0.6 is 12.6 Å². The molecule has 22 nitrogen and oxygen atoms in total. The number of aliphatic hydroxyl groups is 20. The Morgan fingerprint density at radius 2 is 0.435 bits per heavy atom. The number of carboxylic acids is 1. The summed E-state index contributed by atoms with van der Waals surface area (Å²) in [4.78, 5) is 9.62. The summed E-state index contributed by atoms with van der Waals surface area (Å²) in [5.41, 5.74) is 0. The SMILES string of the molecule is CC(S)C(=O)O.OC[C@@H](O)[C@@H](O)CO.OC[C@@H](O)[C@@H](O)CO.OC[C@@H](O)[C@@H](O)CO.OC[C@@H](O)[C@@H](O)CO.OC[C@@H](O)[C@@H](O)CO. The van der Waals surface area contributed by atoms with Crippen LogP contribution in [0.2, 0.25) is 0 Å². The number of hydrogen-bond donors (Lipinski definition) is 22. The third kappa shape index (κ3) is 41.0. The first-order valence-corrected chi connectivity index (χ1v) is 13.6. The summed E-state index contributed by atoms with van der Waals surface area (Å²) in [6.07, 6.45) is -12.2. The van der Waals surface area contributed by atoms with Gasteiger partial charge in [-0.2, -0.15) is 12.6 Å². The molecule has 0 saturated carbocycles. The highest BCUT2D eigenvalue weighted by atomic mass is 32.1. The Labute approximate surface area is 270 Å². The zero-order valence-corrected chi connectivity index (χ0v) is 26.1. The fraction of sp³-hybridized carbons (Fsp3) is 0.957. The van der Waals surface area contributed by atoms with E-state index in [0.29, 0.717) is 0 Å². The van der Waals surface area contributed by atoms with Gasteiger partial charge >= 0.3 is 5.97 Å². The maximum absolute atomic E-state index is 9.62. The van der Waals surface area contributed by atoms with Gasteiger partial charge in [-0.15, -0.1) is 0 Å². The average molecular weight is 717 g/mol. The van der Waals surface area contributed by atoms with Gasteiger partial charge in [-0.3, -0.25) is 4.79 Å². The molecule has 0 bridgehead atoms. The largest absolute Gasteiger partial charge is 0.480 e. The number of aliphatic carboxylic acids is 1. The first kappa shape index (κ1) is 57.3. The van der Waals surface area contributed by atoms with Crippen molar-refractivity contribution in [1.29, 1.82) is 0 Å². The van der Waals surface area contributed by atoms with E-state index < -0.39 is 138 Å². The number of aliphatic hydroxyl groups excluding tert-OH is 20. The molecule has 286 valence electrons. The Balaban J connectivity index is -0.000000105. The van der Waals surface area contributed by atoms with Gasteiger partial charge in [-0.05, 0) is 6.92 Å². The third-order valence-corrected chi connectivity index (χ3v) is 4.67. The Hall–Kier alpha value is -0.980. The number of hydrogen-bond acceptors (Lipinski definition) is 22. The van der Waals surface area contributed by atoms with Gasteiger partial charge in [0.2, 0.25) is 0 Å². The lowest BCUT2D eigenvalue weighted by Gasteiger charge is -2.10. The monoisotopic (exact) mass is 716 g/mol. The van der Waals surface area contributed by atoms with E-state index in [0.717, 1.165) is 0 Å². The summed E-state index contributed by atoms with van der Waals surface area (Å²) in [7, 11) is 0. The Morgan fingerprint density at radius 3 is 0.457 bits per heavy atom. The molecule has 0 aromatic rings. The number of carbonyl (C=O) groups is 1. The van der Waals surface area contributed by atoms with Gasteiger partial charge in [-0.1, -0.05) is 0 Å². The number of carboxylic acid groups (broad SMARTS) is 1. The van der Waals surface area contributed by atoms with E-state index in [9.17, 15) is 4.79 Å². The molecular formula is C23H56O22S. The van der Waals surface area contributed by atoms with Crippen LogP contribution in [0.1, 0.15) is 6.92 Å². The molecule has 11 atom stereocenters. The molecule has 46 heavy (non-hydrogen) atoms. The minimum atomic E-state index is -1.22. The summed E-state index contributed by atoms with van der Waals surface area (Å²) in [5.74, 6) is -0.877. The van der Waals surface area contributed by atoms with Gasteiger partial charge in [0.05, 0.1) is 71.3 Å². The van der Waals surface area contributed by atoms with Crippen molar-refractivity contribution in [2.24, 2.45) is 0 Å². The highest BCUT2D eigenvalue weighted by Crippen LogP contribution is 1.91. The molecule has 0 radical (unpaired) electrons. The van der Waals surface area contributed by atoms with E-state index in [2.05, 4.69) is 12.6 Å². The van der Waals surface area contributed by atoms with Crippen LogP contribution < -0.4 is 0 Å². The summed E-state index contributed by atoms with van der Waals surface area (Å²) in [5, 5.41) is 173. The highest BCUT2D eigenvalue weighted by Gasteiger charge is 2.14. The number of rotatable bonds is 16. The molecule has 0 spiro atoms. The normalized spacial score (nSPS) is 17.4. The average Bonchev–Trinajstić information content (AvgIpc) is 3.08. The Morgan fingerprint density at radius 1 is 0.370 bits per heavy atom. The van der Waals surface area contributed by atoms with Crippen LogP contribution in [-0.4, -0.2) is 246 Å². The van der Waals surface area contributed by atoms with E-state index in [4.69, 9.17) is 107 Å². The van der Waals surface area contributed by atoms with Crippen LogP contribution in [-0.2, 0) is 4.79 Å². The zero-order chi connectivity index (χ0) is 38.0. The molecule has 0 aliphatic carbocycles. The molecule has 0 aromatic heterocycles. The van der Waals surface area contributed by atoms with Gasteiger partial charge < -0.3 is 107 Å². The van der Waals surface area contributed by atoms with E-state index in [1.54, 1.807) is 0 Å². The number of thiol groups is 1. The molecule has 21 N–H and O–H groups in total. The Bertz CT molecular complexity index is 463. The molecule has 0 aliphatic heterocycles. The highest BCUT2D eigenvalue weighted by molar-refractivity contribution is 7.81. The second-order valence-corrected chi connectivity index (χ2v) is 9.29. The molecule has 0 amide bonds. The fourth-order valence-corrected chi connectivity index (χ4v) is 1.22. The summed E-state index contributed by atoms with van der Waals surface area (Å²) >= 11 is 3.59. The van der Waals surface area contributed by atoms with Crippen molar-refractivity contribution in [3.8, 4) is 0 Å².